The van der Waals surface area contributed by atoms with Crippen molar-refractivity contribution in [1.82, 2.24) is 0 Å². The molecule has 2 aromatic rings. The van der Waals surface area contributed by atoms with E-state index in [-0.39, 0.29) is 36.0 Å². The van der Waals surface area contributed by atoms with E-state index >= 15 is 0 Å². The lowest BCUT2D eigenvalue weighted by Gasteiger charge is -2.21. The van der Waals surface area contributed by atoms with Gasteiger partial charge in [0.15, 0.2) is 6.29 Å². The summed E-state index contributed by atoms with van der Waals surface area (Å²) in [6, 6.07) is 15.9. The van der Waals surface area contributed by atoms with Crippen molar-refractivity contribution >= 4 is 0 Å². The molecular weight excluding hydrogens is 360 g/mol. The lowest BCUT2D eigenvalue weighted by atomic mass is 9.84. The second kappa shape index (κ2) is 15.9. The summed E-state index contributed by atoms with van der Waals surface area (Å²) in [5.74, 6) is 2.10. The summed E-state index contributed by atoms with van der Waals surface area (Å²) in [6.07, 6.45) is 1.94. The number of phenols is 1. The number of phenolic OH excluding ortho intramolecular Hbond substituents is 1. The zero-order chi connectivity index (χ0) is 18.2. The van der Waals surface area contributed by atoms with Gasteiger partial charge in [-0.1, -0.05) is 67.8 Å². The van der Waals surface area contributed by atoms with E-state index < -0.39 is 0 Å². The molecule has 3 heteroatoms. The van der Waals surface area contributed by atoms with Crippen LogP contribution in [0.1, 0.15) is 93.2 Å². The molecule has 0 saturated heterocycles. The highest BCUT2D eigenvalue weighted by molar-refractivity contribution is 5.31. The Bertz CT molecular complexity index is 619. The quantitative estimate of drug-likeness (QED) is 0.425. The highest BCUT2D eigenvalue weighted by Gasteiger charge is 2.15. The zero-order valence-corrected chi connectivity index (χ0v) is 15.7. The van der Waals surface area contributed by atoms with Crippen molar-refractivity contribution < 1.29 is 14.6 Å². The van der Waals surface area contributed by atoms with Gasteiger partial charge in [0.1, 0.15) is 11.5 Å². The number of ether oxygens (including phenoxy) is 2. The monoisotopic (exact) mass is 406 g/mol. The SMILES string of the molecule is C.C.C.C.CCOC(C)Oc1ccc(C(C)CC(CC)c2ccc(O)cc2)cc1. The summed E-state index contributed by atoms with van der Waals surface area (Å²) >= 11 is 0. The van der Waals surface area contributed by atoms with Crippen molar-refractivity contribution in [3.8, 4) is 11.5 Å². The van der Waals surface area contributed by atoms with Crippen molar-refractivity contribution in [3.63, 3.8) is 0 Å². The lowest BCUT2D eigenvalue weighted by molar-refractivity contribution is -0.0613. The molecule has 0 saturated carbocycles. The van der Waals surface area contributed by atoms with Crippen molar-refractivity contribution in [3.05, 3.63) is 59.7 Å². The smallest absolute Gasteiger partial charge is 0.196 e. The van der Waals surface area contributed by atoms with Gasteiger partial charge in [-0.2, -0.15) is 0 Å². The normalized spacial score (nSPS) is 12.7. The second-order valence-corrected chi connectivity index (χ2v) is 6.54. The third-order valence-corrected chi connectivity index (χ3v) is 4.65. The first-order valence-electron chi connectivity index (χ1n) is 9.20. The van der Waals surface area contributed by atoms with E-state index in [1.165, 1.54) is 11.1 Å². The summed E-state index contributed by atoms with van der Waals surface area (Å²) in [5, 5.41) is 9.47. The standard InChI is InChI=1S/C22H30O3.4CH4/c1-5-18(20-7-11-21(23)12-8-20)15-16(3)19-9-13-22(14-10-19)25-17(4)24-6-2;;;;/h7-14,16-18,23H,5-6,15H2,1-4H3;4*1H4. The highest BCUT2D eigenvalue weighted by atomic mass is 16.7. The van der Waals surface area contributed by atoms with Gasteiger partial charge >= 0.3 is 0 Å². The molecule has 0 radical (unpaired) electrons. The summed E-state index contributed by atoms with van der Waals surface area (Å²) in [6.45, 7) is 9.00. The van der Waals surface area contributed by atoms with Crippen LogP contribution in [0.15, 0.2) is 48.5 Å². The minimum Gasteiger partial charge on any atom is -0.508 e. The minimum atomic E-state index is -0.229. The molecular formula is C26H46O3. The first kappa shape index (κ1) is 31.7. The molecule has 0 amide bonds. The molecule has 0 spiro atoms. The van der Waals surface area contributed by atoms with Crippen LogP contribution >= 0.6 is 0 Å². The molecule has 0 fully saturated rings. The maximum Gasteiger partial charge on any atom is 0.196 e. The van der Waals surface area contributed by atoms with Gasteiger partial charge < -0.3 is 14.6 Å². The minimum absolute atomic E-state index is 0. The van der Waals surface area contributed by atoms with Gasteiger partial charge in [0, 0.05) is 6.61 Å². The zero-order valence-electron chi connectivity index (χ0n) is 15.7. The van der Waals surface area contributed by atoms with Crippen molar-refractivity contribution in [2.24, 2.45) is 0 Å². The summed E-state index contributed by atoms with van der Waals surface area (Å²) in [5.41, 5.74) is 2.60. The van der Waals surface area contributed by atoms with Crippen molar-refractivity contribution in [1.29, 1.82) is 0 Å². The van der Waals surface area contributed by atoms with Crippen LogP contribution in [0.5, 0.6) is 11.5 Å². The second-order valence-electron chi connectivity index (χ2n) is 6.54. The van der Waals surface area contributed by atoms with Crippen LogP contribution in [0.25, 0.3) is 0 Å². The fourth-order valence-electron chi connectivity index (χ4n) is 3.18. The van der Waals surface area contributed by atoms with Gasteiger partial charge in [0.2, 0.25) is 0 Å². The average Bonchev–Trinajstić information content (AvgIpc) is 2.61. The average molecular weight is 407 g/mol. The first-order chi connectivity index (χ1) is 12.0. The Hall–Kier alpha value is -2.00. The Morgan fingerprint density at radius 2 is 1.31 bits per heavy atom. The molecule has 0 aliphatic rings. The molecule has 3 atom stereocenters. The third-order valence-electron chi connectivity index (χ3n) is 4.65. The molecule has 0 aliphatic carbocycles. The molecule has 0 aliphatic heterocycles. The molecule has 168 valence electrons. The number of hydrogen-bond acceptors (Lipinski definition) is 3. The van der Waals surface area contributed by atoms with Crippen LogP contribution in [-0.4, -0.2) is 18.0 Å². The Labute approximate surface area is 181 Å². The fraction of sp³-hybridized carbons (Fsp3) is 0.538. The van der Waals surface area contributed by atoms with Crippen LogP contribution in [0.3, 0.4) is 0 Å². The first-order valence-corrected chi connectivity index (χ1v) is 9.20. The Morgan fingerprint density at radius 1 is 0.793 bits per heavy atom. The largest absolute Gasteiger partial charge is 0.508 e. The molecule has 29 heavy (non-hydrogen) atoms. The maximum absolute atomic E-state index is 9.47. The molecule has 1 N–H and O–H groups in total. The van der Waals surface area contributed by atoms with Crippen LogP contribution < -0.4 is 4.74 Å². The van der Waals surface area contributed by atoms with Gasteiger partial charge in [-0.25, -0.2) is 0 Å². The van der Waals surface area contributed by atoms with Crippen LogP contribution in [0, 0.1) is 0 Å². The molecule has 0 bridgehead atoms. The van der Waals surface area contributed by atoms with E-state index in [2.05, 4.69) is 26.0 Å². The van der Waals surface area contributed by atoms with Gasteiger partial charge in [-0.05, 0) is 73.9 Å². The van der Waals surface area contributed by atoms with Crippen molar-refractivity contribution in [2.75, 3.05) is 6.61 Å². The summed E-state index contributed by atoms with van der Waals surface area (Å²) < 4.78 is 11.1. The topological polar surface area (TPSA) is 38.7 Å². The highest BCUT2D eigenvalue weighted by Crippen LogP contribution is 2.33. The number of aromatic hydroxyl groups is 1. The van der Waals surface area contributed by atoms with E-state index in [1.54, 1.807) is 12.1 Å². The van der Waals surface area contributed by atoms with Gasteiger partial charge in [-0.15, -0.1) is 0 Å². The van der Waals surface area contributed by atoms with Crippen LogP contribution in [-0.2, 0) is 4.74 Å². The van der Waals surface area contributed by atoms with E-state index in [0.717, 1.165) is 18.6 Å². The van der Waals surface area contributed by atoms with E-state index in [1.807, 2.05) is 38.1 Å². The Balaban J connectivity index is -0.00000169. The van der Waals surface area contributed by atoms with E-state index in [4.69, 9.17) is 9.47 Å². The summed E-state index contributed by atoms with van der Waals surface area (Å²) in [7, 11) is 0. The summed E-state index contributed by atoms with van der Waals surface area (Å²) in [4.78, 5) is 0. The maximum atomic E-state index is 9.47. The fourth-order valence-corrected chi connectivity index (χ4v) is 3.18. The number of rotatable bonds is 9. The molecule has 3 nitrogen and oxygen atoms in total. The molecule has 3 unspecified atom stereocenters. The number of hydrogen-bond donors (Lipinski definition) is 1. The van der Waals surface area contributed by atoms with E-state index in [9.17, 15) is 5.11 Å². The molecule has 0 heterocycles. The van der Waals surface area contributed by atoms with Gasteiger partial charge in [0.05, 0.1) is 0 Å². The molecule has 2 rings (SSSR count). The Kier molecular flexibility index (Phi) is 17.3. The van der Waals surface area contributed by atoms with Gasteiger partial charge in [-0.3, -0.25) is 0 Å². The van der Waals surface area contributed by atoms with E-state index in [0.29, 0.717) is 24.2 Å². The van der Waals surface area contributed by atoms with Crippen molar-refractivity contribution in [2.45, 2.75) is 88.4 Å². The van der Waals surface area contributed by atoms with Gasteiger partial charge in [0.25, 0.3) is 0 Å². The number of benzene rings is 2. The van der Waals surface area contributed by atoms with Crippen LogP contribution in [0.2, 0.25) is 0 Å². The third kappa shape index (κ3) is 9.85. The Morgan fingerprint density at radius 3 is 1.79 bits per heavy atom. The predicted octanol–water partition coefficient (Wildman–Crippen LogP) is 8.39. The predicted molar refractivity (Wildman–Crippen MR) is 129 cm³/mol. The molecule has 2 aromatic carbocycles. The lowest BCUT2D eigenvalue weighted by Crippen LogP contribution is -2.15. The molecule has 0 aromatic heterocycles. The van der Waals surface area contributed by atoms with Crippen LogP contribution in [0.4, 0.5) is 0 Å².